The van der Waals surface area contributed by atoms with Gasteiger partial charge in [-0.1, -0.05) is 28.1 Å². The first-order valence-electron chi connectivity index (χ1n) is 6.42. The number of alkyl halides is 1. The summed E-state index contributed by atoms with van der Waals surface area (Å²) in [5.41, 5.74) is 3.45. The summed E-state index contributed by atoms with van der Waals surface area (Å²) in [7, 11) is 3.29. The van der Waals surface area contributed by atoms with E-state index in [4.69, 9.17) is 9.47 Å². The quantitative estimate of drug-likeness (QED) is 0.771. The predicted octanol–water partition coefficient (Wildman–Crippen LogP) is 4.09. The van der Waals surface area contributed by atoms with Crippen molar-refractivity contribution in [2.75, 3.05) is 14.2 Å². The molecule has 0 N–H and O–H groups in total. The molecule has 0 amide bonds. The molecule has 4 heteroatoms. The maximum atomic E-state index is 5.34. The molecule has 0 saturated heterocycles. The Labute approximate surface area is 128 Å². The van der Waals surface area contributed by atoms with Crippen LogP contribution in [-0.2, 0) is 6.42 Å². The second-order valence-corrected chi connectivity index (χ2v) is 5.66. The summed E-state index contributed by atoms with van der Waals surface area (Å²) in [6.45, 7) is 2.08. The Morgan fingerprint density at radius 3 is 2.55 bits per heavy atom. The average Bonchev–Trinajstić information content (AvgIpc) is 2.48. The van der Waals surface area contributed by atoms with Crippen LogP contribution in [0.1, 0.15) is 21.6 Å². The van der Waals surface area contributed by atoms with Gasteiger partial charge in [-0.25, -0.2) is 0 Å². The molecule has 0 fully saturated rings. The van der Waals surface area contributed by atoms with Gasteiger partial charge in [-0.3, -0.25) is 4.98 Å². The molecule has 1 aromatic heterocycles. The number of pyridine rings is 1. The Kier molecular flexibility index (Phi) is 5.01. The van der Waals surface area contributed by atoms with Crippen LogP contribution >= 0.6 is 15.9 Å². The van der Waals surface area contributed by atoms with Crippen LogP contribution in [0.25, 0.3) is 0 Å². The van der Waals surface area contributed by atoms with Gasteiger partial charge >= 0.3 is 0 Å². The summed E-state index contributed by atoms with van der Waals surface area (Å²) in [6.07, 6.45) is 2.67. The topological polar surface area (TPSA) is 31.4 Å². The van der Waals surface area contributed by atoms with Gasteiger partial charge in [-0.2, -0.15) is 0 Å². The van der Waals surface area contributed by atoms with E-state index >= 15 is 0 Å². The first-order chi connectivity index (χ1) is 9.65. The van der Waals surface area contributed by atoms with E-state index in [9.17, 15) is 0 Å². The number of hydrogen-bond acceptors (Lipinski definition) is 3. The smallest absolute Gasteiger partial charge is 0.161 e. The van der Waals surface area contributed by atoms with Crippen molar-refractivity contribution in [1.82, 2.24) is 4.98 Å². The maximum Gasteiger partial charge on any atom is 0.161 e. The molecule has 2 aromatic rings. The standard InChI is InChI=1S/C16H18BrNO2/c1-11-5-4-8-18-14(11)10-13(17)12-6-7-15(19-2)16(9-12)20-3/h4-9,13H,10H2,1-3H3. The molecule has 0 bridgehead atoms. The fourth-order valence-electron chi connectivity index (χ4n) is 2.07. The minimum absolute atomic E-state index is 0.191. The number of benzene rings is 1. The summed E-state index contributed by atoms with van der Waals surface area (Å²) in [4.78, 5) is 4.62. The molecule has 20 heavy (non-hydrogen) atoms. The molecule has 1 atom stereocenters. The van der Waals surface area contributed by atoms with Crippen LogP contribution in [0.4, 0.5) is 0 Å². The van der Waals surface area contributed by atoms with Gasteiger partial charge in [0.05, 0.1) is 14.2 Å². The van der Waals surface area contributed by atoms with E-state index < -0.39 is 0 Å². The highest BCUT2D eigenvalue weighted by Gasteiger charge is 2.13. The van der Waals surface area contributed by atoms with Crippen molar-refractivity contribution in [2.45, 2.75) is 18.2 Å². The Morgan fingerprint density at radius 1 is 1.15 bits per heavy atom. The zero-order valence-corrected chi connectivity index (χ0v) is 13.5. The summed E-state index contributed by atoms with van der Waals surface area (Å²) in [5.74, 6) is 1.48. The zero-order chi connectivity index (χ0) is 14.5. The van der Waals surface area contributed by atoms with E-state index in [0.29, 0.717) is 0 Å². The van der Waals surface area contributed by atoms with Crippen molar-refractivity contribution < 1.29 is 9.47 Å². The van der Waals surface area contributed by atoms with Gasteiger partial charge in [-0.05, 0) is 36.2 Å². The van der Waals surface area contributed by atoms with Gasteiger partial charge in [-0.15, -0.1) is 0 Å². The number of rotatable bonds is 5. The molecule has 1 unspecified atom stereocenters. The van der Waals surface area contributed by atoms with Gasteiger partial charge in [0.15, 0.2) is 11.5 Å². The summed E-state index contributed by atoms with van der Waals surface area (Å²) < 4.78 is 10.6. The Hall–Kier alpha value is -1.55. The number of aromatic nitrogens is 1. The molecule has 2 rings (SSSR count). The molecular formula is C16H18BrNO2. The first-order valence-corrected chi connectivity index (χ1v) is 7.33. The van der Waals surface area contributed by atoms with Crippen molar-refractivity contribution in [3.8, 4) is 11.5 Å². The van der Waals surface area contributed by atoms with Gasteiger partial charge < -0.3 is 9.47 Å². The Morgan fingerprint density at radius 2 is 1.90 bits per heavy atom. The first kappa shape index (κ1) is 14.9. The number of ether oxygens (including phenoxy) is 2. The van der Waals surface area contributed by atoms with Crippen molar-refractivity contribution in [2.24, 2.45) is 0 Å². The van der Waals surface area contributed by atoms with Crippen molar-refractivity contribution in [1.29, 1.82) is 0 Å². The van der Waals surface area contributed by atoms with Gasteiger partial charge in [0, 0.05) is 23.1 Å². The predicted molar refractivity (Wildman–Crippen MR) is 83.9 cm³/mol. The molecule has 0 saturated carbocycles. The van der Waals surface area contributed by atoms with Crippen LogP contribution in [0.3, 0.4) is 0 Å². The molecule has 1 heterocycles. The number of halogens is 1. The number of methoxy groups -OCH3 is 2. The van der Waals surface area contributed by atoms with E-state index in [0.717, 1.165) is 29.2 Å². The number of nitrogens with zero attached hydrogens (tertiary/aromatic N) is 1. The van der Waals surface area contributed by atoms with Crippen LogP contribution in [0, 0.1) is 6.92 Å². The average molecular weight is 336 g/mol. The summed E-state index contributed by atoms with van der Waals surface area (Å²) >= 11 is 3.73. The van der Waals surface area contributed by atoms with Crippen LogP contribution in [0.2, 0.25) is 0 Å². The summed E-state index contributed by atoms with van der Waals surface area (Å²) in [6, 6.07) is 10.00. The van der Waals surface area contributed by atoms with E-state index in [1.54, 1.807) is 14.2 Å². The molecule has 1 aromatic carbocycles. The monoisotopic (exact) mass is 335 g/mol. The third-order valence-corrected chi connectivity index (χ3v) is 4.11. The fraction of sp³-hybridized carbons (Fsp3) is 0.312. The van der Waals surface area contributed by atoms with Crippen LogP contribution < -0.4 is 9.47 Å². The Bertz CT molecular complexity index is 586. The number of hydrogen-bond donors (Lipinski definition) is 0. The third-order valence-electron chi connectivity index (χ3n) is 3.26. The second kappa shape index (κ2) is 6.75. The lowest BCUT2D eigenvalue weighted by molar-refractivity contribution is 0.354. The Balaban J connectivity index is 2.21. The minimum Gasteiger partial charge on any atom is -0.493 e. The second-order valence-electron chi connectivity index (χ2n) is 4.55. The molecule has 0 aliphatic carbocycles. The normalized spacial score (nSPS) is 12.0. The molecule has 3 nitrogen and oxygen atoms in total. The molecule has 0 radical (unpaired) electrons. The number of aryl methyl sites for hydroxylation is 1. The van der Waals surface area contributed by atoms with Gasteiger partial charge in [0.25, 0.3) is 0 Å². The van der Waals surface area contributed by atoms with E-state index in [1.165, 1.54) is 5.56 Å². The maximum absolute atomic E-state index is 5.34. The SMILES string of the molecule is COc1ccc(C(Br)Cc2ncccc2C)cc1OC. The van der Waals surface area contributed by atoms with E-state index in [-0.39, 0.29) is 4.83 Å². The van der Waals surface area contributed by atoms with Gasteiger partial charge in [0.2, 0.25) is 0 Å². The third kappa shape index (κ3) is 3.31. The molecule has 0 aliphatic rings. The highest BCUT2D eigenvalue weighted by molar-refractivity contribution is 9.09. The molecule has 106 valence electrons. The highest BCUT2D eigenvalue weighted by Crippen LogP contribution is 2.34. The summed E-state index contributed by atoms with van der Waals surface area (Å²) in [5, 5.41) is 0. The zero-order valence-electron chi connectivity index (χ0n) is 11.9. The largest absolute Gasteiger partial charge is 0.493 e. The lowest BCUT2D eigenvalue weighted by Crippen LogP contribution is -2.01. The molecular weight excluding hydrogens is 318 g/mol. The van der Waals surface area contributed by atoms with E-state index in [2.05, 4.69) is 33.9 Å². The molecule has 0 aliphatic heterocycles. The van der Waals surface area contributed by atoms with Crippen molar-refractivity contribution >= 4 is 15.9 Å². The molecule has 0 spiro atoms. The van der Waals surface area contributed by atoms with Crippen LogP contribution in [0.5, 0.6) is 11.5 Å². The van der Waals surface area contributed by atoms with Crippen molar-refractivity contribution in [3.05, 3.63) is 53.3 Å². The van der Waals surface area contributed by atoms with Crippen molar-refractivity contribution in [3.63, 3.8) is 0 Å². The minimum atomic E-state index is 0.191. The van der Waals surface area contributed by atoms with Crippen LogP contribution in [-0.4, -0.2) is 19.2 Å². The lowest BCUT2D eigenvalue weighted by atomic mass is 10.0. The lowest BCUT2D eigenvalue weighted by Gasteiger charge is -2.14. The highest BCUT2D eigenvalue weighted by atomic mass is 79.9. The van der Waals surface area contributed by atoms with Gasteiger partial charge in [0.1, 0.15) is 0 Å². The van der Waals surface area contributed by atoms with Crippen LogP contribution in [0.15, 0.2) is 36.5 Å². The fourth-order valence-corrected chi connectivity index (χ4v) is 2.66. The van der Waals surface area contributed by atoms with E-state index in [1.807, 2.05) is 30.5 Å².